The van der Waals surface area contributed by atoms with Gasteiger partial charge in [0.25, 0.3) is 0 Å². The second kappa shape index (κ2) is 24.3. The molecule has 0 aromatic rings. The highest BCUT2D eigenvalue weighted by Gasteiger charge is 2.55. The van der Waals surface area contributed by atoms with E-state index in [2.05, 4.69) is 26.6 Å². The fraction of sp³-hybridized carbons (Fsp3) is 0.848. The number of carbonyl (C=O) groups excluding carboxylic acids is 5. The average Bonchev–Trinajstić information content (AvgIpc) is 3.16. The van der Waals surface area contributed by atoms with Crippen LogP contribution in [0.25, 0.3) is 0 Å². The molecule has 2 fully saturated rings. The molecule has 398 valence electrons. The van der Waals surface area contributed by atoms with Crippen molar-refractivity contribution in [3.8, 4) is 0 Å². The van der Waals surface area contributed by atoms with Gasteiger partial charge in [-0.2, -0.15) is 0 Å². The van der Waals surface area contributed by atoms with Gasteiger partial charge in [0, 0.05) is 26.1 Å². The molecule has 2 heterocycles. The van der Waals surface area contributed by atoms with Gasteiger partial charge in [0.15, 0.2) is 6.29 Å². The molecule has 69 heavy (non-hydrogen) atoms. The van der Waals surface area contributed by atoms with Crippen LogP contribution in [0, 0.1) is 5.92 Å². The van der Waals surface area contributed by atoms with Crippen molar-refractivity contribution in [1.29, 1.82) is 0 Å². The molecule has 0 radical (unpaired) electrons. The predicted octanol–water partition coefficient (Wildman–Crippen LogP) is 2.26. The Morgan fingerprint density at radius 2 is 1.26 bits per heavy atom. The third-order valence-electron chi connectivity index (χ3n) is 10.6. The van der Waals surface area contributed by atoms with Gasteiger partial charge in [-0.15, -0.1) is 0 Å². The van der Waals surface area contributed by atoms with E-state index in [0.717, 1.165) is 4.90 Å². The molecular formula is C46H82N6O17. The van der Waals surface area contributed by atoms with Crippen LogP contribution in [0.2, 0.25) is 0 Å². The van der Waals surface area contributed by atoms with Crippen LogP contribution >= 0.6 is 0 Å². The van der Waals surface area contributed by atoms with Gasteiger partial charge in [-0.1, -0.05) is 6.92 Å². The lowest BCUT2D eigenvalue weighted by molar-refractivity contribution is -0.311. The Balaban J connectivity index is 2.10. The van der Waals surface area contributed by atoms with Crippen molar-refractivity contribution < 1.29 is 82.3 Å². The van der Waals surface area contributed by atoms with Gasteiger partial charge in [-0.05, 0) is 115 Å². The number of nitrogens with zero attached hydrogens (tertiary/aromatic N) is 1. The molecule has 9 N–H and O–H groups in total. The third kappa shape index (κ3) is 19.5. The second-order valence-electron chi connectivity index (χ2n) is 22.0. The van der Waals surface area contributed by atoms with Crippen molar-refractivity contribution in [2.45, 2.75) is 205 Å². The van der Waals surface area contributed by atoms with Crippen molar-refractivity contribution in [2.24, 2.45) is 5.92 Å². The molecule has 23 nitrogen and oxygen atoms in total. The topological polar surface area (TPSA) is 303 Å². The highest BCUT2D eigenvalue weighted by Crippen LogP contribution is 2.35. The number of alkyl carbamates (subject to hydrolysis) is 3. The predicted molar refractivity (Wildman–Crippen MR) is 248 cm³/mol. The Bertz CT molecular complexity index is 1760. The summed E-state index contributed by atoms with van der Waals surface area (Å²) in [5, 5.41) is 59.5. The highest BCUT2D eigenvalue weighted by atomic mass is 16.7. The zero-order valence-electron chi connectivity index (χ0n) is 43.1. The van der Waals surface area contributed by atoms with Crippen LogP contribution in [0.4, 0.5) is 19.2 Å². The summed E-state index contributed by atoms with van der Waals surface area (Å²) >= 11 is 0. The number of hydrogen-bond donors (Lipinski definition) is 9. The van der Waals surface area contributed by atoms with E-state index in [-0.39, 0.29) is 45.5 Å². The normalized spacial score (nSPS) is 29.2. The number of nitrogens with one attached hydrogen (secondary N) is 5. The van der Waals surface area contributed by atoms with Crippen LogP contribution in [-0.4, -0.2) is 185 Å². The first-order valence-corrected chi connectivity index (χ1v) is 23.5. The summed E-state index contributed by atoms with van der Waals surface area (Å²) in [5.74, 6) is -0.917. The lowest BCUT2D eigenvalue weighted by Gasteiger charge is -2.50. The van der Waals surface area contributed by atoms with Crippen LogP contribution in [0.1, 0.15) is 116 Å². The highest BCUT2D eigenvalue weighted by molar-refractivity contribution is 5.79. The molecule has 1 saturated carbocycles. The number of ether oxygens (including phenoxy) is 8. The van der Waals surface area contributed by atoms with E-state index in [0.29, 0.717) is 5.76 Å². The lowest BCUT2D eigenvalue weighted by Crippen LogP contribution is -2.70. The summed E-state index contributed by atoms with van der Waals surface area (Å²) in [4.78, 5) is 67.4. The molecule has 2 aliphatic heterocycles. The maximum Gasteiger partial charge on any atom is 0.410 e. The van der Waals surface area contributed by atoms with Gasteiger partial charge in [0.2, 0.25) is 12.2 Å². The van der Waals surface area contributed by atoms with Gasteiger partial charge in [-0.25, -0.2) is 19.2 Å². The van der Waals surface area contributed by atoms with Gasteiger partial charge in [0.05, 0.1) is 43.9 Å². The average molecular weight is 991 g/mol. The zero-order chi connectivity index (χ0) is 52.4. The molecule has 0 bridgehead atoms. The standard InChI is InChI=1S/C46H82N6O17/c1-25(18-19-48-38(57)66-42(2,3)4)35(56)49-28-22-29(51-40(59)68-44(8,9)10)33(64-36-27(50-39(58)67-43(5,6)7)17-16-26(63-36)23-47-20-21-53)30(54)32(28)65-37-31(55)34(46(14,61)24-62-37)52(15)41(60)69-45(11,12)13/h16,25,27-34,36-37,47,53-55,61H,17-24H2,1-15H3,(H,48,57)(H,49,56)(H,50,58)(H,51,59)/t25-,27-,28-,29+,30-,31-,32+,33-,34-,36-,37-,46+/m1/s1. The summed E-state index contributed by atoms with van der Waals surface area (Å²) in [7, 11) is 1.33. The van der Waals surface area contributed by atoms with Crippen LogP contribution in [0.5, 0.6) is 0 Å². The van der Waals surface area contributed by atoms with Crippen LogP contribution in [0.15, 0.2) is 11.8 Å². The largest absolute Gasteiger partial charge is 0.466 e. The van der Waals surface area contributed by atoms with E-state index in [1.807, 2.05) is 0 Å². The molecule has 1 saturated heterocycles. The van der Waals surface area contributed by atoms with E-state index < -0.39 is 132 Å². The summed E-state index contributed by atoms with van der Waals surface area (Å²) in [5.41, 5.74) is -5.36. The van der Waals surface area contributed by atoms with Crippen LogP contribution < -0.4 is 26.6 Å². The van der Waals surface area contributed by atoms with Gasteiger partial charge in [0.1, 0.15) is 58.2 Å². The van der Waals surface area contributed by atoms with Crippen molar-refractivity contribution in [3.05, 3.63) is 11.8 Å². The number of carbonyl (C=O) groups is 5. The summed E-state index contributed by atoms with van der Waals surface area (Å²) in [6, 6.07) is -4.68. The molecule has 23 heteroatoms. The number of amides is 5. The first-order valence-electron chi connectivity index (χ1n) is 23.5. The Morgan fingerprint density at radius 1 is 0.754 bits per heavy atom. The number of rotatable bonds is 16. The third-order valence-corrected chi connectivity index (χ3v) is 10.6. The molecule has 0 aromatic carbocycles. The molecule has 0 unspecified atom stereocenters. The van der Waals surface area contributed by atoms with Crippen molar-refractivity contribution >= 4 is 30.3 Å². The minimum absolute atomic E-state index is 0.0654. The van der Waals surface area contributed by atoms with Crippen molar-refractivity contribution in [2.75, 3.05) is 39.9 Å². The number of aliphatic hydroxyl groups excluding tert-OH is 3. The van der Waals surface area contributed by atoms with Crippen molar-refractivity contribution in [3.63, 3.8) is 0 Å². The van der Waals surface area contributed by atoms with E-state index in [4.69, 9.17) is 37.9 Å². The number of aliphatic hydroxyl groups is 4. The SMILES string of the molecule is C[C@H](CCNC(=O)OC(C)(C)C)C(=O)N[C@@H]1C[C@H](NC(=O)OC(C)(C)C)[C@@H](O[C@H]2OC(CNCCO)=CC[C@H]2NC(=O)OC(C)(C)C)[C@H](O)[C@H]1O[C@H]1OC[C@](C)(O)[C@H](N(C)C(=O)OC(C)(C)C)[C@H]1O. The van der Waals surface area contributed by atoms with Gasteiger partial charge in [-0.3, -0.25) is 4.79 Å². The monoisotopic (exact) mass is 991 g/mol. The first kappa shape index (κ1) is 59.1. The van der Waals surface area contributed by atoms with Crippen LogP contribution in [-0.2, 0) is 42.7 Å². The molecule has 5 amide bonds. The maximum absolute atomic E-state index is 14.0. The van der Waals surface area contributed by atoms with E-state index in [1.165, 1.54) is 14.0 Å². The molecule has 3 rings (SSSR count). The Kier molecular flexibility index (Phi) is 20.8. The van der Waals surface area contributed by atoms with E-state index >= 15 is 0 Å². The maximum atomic E-state index is 14.0. The molecular weight excluding hydrogens is 909 g/mol. The van der Waals surface area contributed by atoms with E-state index in [9.17, 15) is 44.4 Å². The minimum atomic E-state index is -1.84. The quantitative estimate of drug-likeness (QED) is 0.0791. The second-order valence-corrected chi connectivity index (χ2v) is 22.0. The first-order chi connectivity index (χ1) is 31.6. The van der Waals surface area contributed by atoms with E-state index in [1.54, 1.807) is 96.1 Å². The molecule has 0 aromatic heterocycles. The van der Waals surface area contributed by atoms with Crippen LogP contribution in [0.3, 0.4) is 0 Å². The lowest BCUT2D eigenvalue weighted by atomic mass is 9.82. The Hall–Kier alpha value is -4.23. The summed E-state index contributed by atoms with van der Waals surface area (Å²) < 4.78 is 47.2. The Labute approximate surface area is 406 Å². The molecule has 12 atom stereocenters. The summed E-state index contributed by atoms with van der Waals surface area (Å²) in [6.45, 7) is 23.0. The zero-order valence-corrected chi connectivity index (χ0v) is 43.1. The van der Waals surface area contributed by atoms with Crippen molar-refractivity contribution in [1.82, 2.24) is 31.5 Å². The number of hydrogen-bond acceptors (Lipinski definition) is 18. The van der Waals surface area contributed by atoms with Gasteiger partial charge >= 0.3 is 24.4 Å². The van der Waals surface area contributed by atoms with Gasteiger partial charge < -0.3 is 89.8 Å². The number of likely N-dealkylation sites (N-methyl/N-ethyl adjacent to an activating group) is 1. The molecule has 1 aliphatic carbocycles. The minimum Gasteiger partial charge on any atom is -0.466 e. The summed E-state index contributed by atoms with van der Waals surface area (Å²) in [6.07, 6.45) is -11.0. The fourth-order valence-corrected chi connectivity index (χ4v) is 7.69. The smallest absolute Gasteiger partial charge is 0.410 e. The Morgan fingerprint density at radius 3 is 1.80 bits per heavy atom. The molecule has 0 spiro atoms. The molecule has 3 aliphatic rings. The fourth-order valence-electron chi connectivity index (χ4n) is 7.69.